The second kappa shape index (κ2) is 5.60. The largest absolute Gasteiger partial charge is 0.506 e. The third kappa shape index (κ3) is 2.62. The molecule has 0 saturated carbocycles. The van der Waals surface area contributed by atoms with Crippen molar-refractivity contribution in [1.29, 1.82) is 0 Å². The van der Waals surface area contributed by atoms with Crippen LogP contribution in [0.15, 0.2) is 33.5 Å². The molecule has 114 valence electrons. The van der Waals surface area contributed by atoms with Crippen molar-refractivity contribution >= 4 is 23.1 Å². The predicted octanol–water partition coefficient (Wildman–Crippen LogP) is 1.09. The molecule has 0 bridgehead atoms. The quantitative estimate of drug-likeness (QED) is 0.491. The molecular weight excluding hydrogens is 292 g/mol. The van der Waals surface area contributed by atoms with E-state index in [2.05, 4.69) is 9.73 Å². The number of nitrogens with one attached hydrogen (secondary N) is 1. The lowest BCUT2D eigenvalue weighted by Gasteiger charge is -2.10. The highest BCUT2D eigenvalue weighted by molar-refractivity contribution is 6.11. The first-order chi connectivity index (χ1) is 10.3. The minimum atomic E-state index is -1.24. The van der Waals surface area contributed by atoms with Crippen molar-refractivity contribution in [2.75, 3.05) is 11.1 Å². The minimum Gasteiger partial charge on any atom is -0.506 e. The summed E-state index contributed by atoms with van der Waals surface area (Å²) in [4.78, 5) is 34.9. The number of nitrogen functional groups attached to an aromatic ring is 1. The number of anilines is 2. The fourth-order valence-corrected chi connectivity index (χ4v) is 1.82. The molecule has 0 saturated heterocycles. The van der Waals surface area contributed by atoms with Gasteiger partial charge in [0.25, 0.3) is 5.91 Å². The number of rotatable bonds is 3. The van der Waals surface area contributed by atoms with Crippen LogP contribution in [0.1, 0.15) is 27.6 Å². The van der Waals surface area contributed by atoms with Gasteiger partial charge < -0.3 is 25.7 Å². The molecule has 22 heavy (non-hydrogen) atoms. The number of Topliss-reactive ketones (excluding diaryl/α,β-unsaturated/α-hetero) is 1. The maximum absolute atomic E-state index is 12.1. The molecule has 5 N–H and O–H groups in total. The van der Waals surface area contributed by atoms with Gasteiger partial charge in [-0.1, -0.05) is 12.1 Å². The van der Waals surface area contributed by atoms with Crippen LogP contribution < -0.4 is 16.7 Å². The Bertz CT molecular complexity index is 825. The summed E-state index contributed by atoms with van der Waals surface area (Å²) in [7, 11) is 0. The number of benzene rings is 1. The molecule has 1 aromatic heterocycles. The first kappa shape index (κ1) is 15.1. The Morgan fingerprint density at radius 1 is 1.18 bits per heavy atom. The van der Waals surface area contributed by atoms with E-state index in [1.165, 1.54) is 12.1 Å². The van der Waals surface area contributed by atoms with Crippen molar-refractivity contribution < 1.29 is 24.2 Å². The molecule has 0 fully saturated rings. The van der Waals surface area contributed by atoms with Crippen molar-refractivity contribution in [2.24, 2.45) is 0 Å². The Balaban J connectivity index is 2.51. The van der Waals surface area contributed by atoms with Gasteiger partial charge in [-0.25, -0.2) is 4.79 Å². The molecule has 1 amide bonds. The maximum Gasteiger partial charge on any atom is 0.353 e. The van der Waals surface area contributed by atoms with Crippen LogP contribution in [0, 0.1) is 0 Å². The van der Waals surface area contributed by atoms with E-state index in [4.69, 9.17) is 5.73 Å². The van der Waals surface area contributed by atoms with Gasteiger partial charge in [0, 0.05) is 0 Å². The van der Waals surface area contributed by atoms with Gasteiger partial charge in [-0.15, -0.1) is 0 Å². The zero-order valence-electron chi connectivity index (χ0n) is 11.4. The van der Waals surface area contributed by atoms with Gasteiger partial charge in [-0.3, -0.25) is 9.59 Å². The number of ketones is 1. The van der Waals surface area contributed by atoms with Crippen LogP contribution in [0.3, 0.4) is 0 Å². The molecule has 0 aliphatic rings. The number of carbonyl (C=O) groups is 2. The number of hydrogen-bond acceptors (Lipinski definition) is 7. The second-order valence-corrected chi connectivity index (χ2v) is 4.39. The Labute approximate surface area is 123 Å². The molecule has 0 unspecified atom stereocenters. The lowest BCUT2D eigenvalue weighted by molar-refractivity contribution is 0.100. The molecule has 8 nitrogen and oxygen atoms in total. The monoisotopic (exact) mass is 304 g/mol. The zero-order chi connectivity index (χ0) is 16.4. The SMILES string of the molecule is CC(=O)c1c(O)c(C(=O)Nc2ccccc2N)c(O)oc1=O. The highest BCUT2D eigenvalue weighted by Gasteiger charge is 2.27. The summed E-state index contributed by atoms with van der Waals surface area (Å²) >= 11 is 0. The second-order valence-electron chi connectivity index (χ2n) is 4.39. The molecule has 0 spiro atoms. The molecule has 0 atom stereocenters. The topological polar surface area (TPSA) is 143 Å². The fraction of sp³-hybridized carbons (Fsp3) is 0.0714. The minimum absolute atomic E-state index is 0.224. The molecular formula is C14H12N2O6. The van der Waals surface area contributed by atoms with E-state index in [9.17, 15) is 24.6 Å². The summed E-state index contributed by atoms with van der Waals surface area (Å²) in [6, 6.07) is 6.28. The van der Waals surface area contributed by atoms with Gasteiger partial charge in [0.05, 0.1) is 11.4 Å². The van der Waals surface area contributed by atoms with Gasteiger partial charge in [0.1, 0.15) is 5.56 Å². The van der Waals surface area contributed by atoms with Gasteiger partial charge in [0.2, 0.25) is 0 Å². The molecule has 0 radical (unpaired) electrons. The first-order valence-corrected chi connectivity index (χ1v) is 6.08. The maximum atomic E-state index is 12.1. The predicted molar refractivity (Wildman–Crippen MR) is 77.1 cm³/mol. The number of amides is 1. The summed E-state index contributed by atoms with van der Waals surface area (Å²) in [6.45, 7) is 1.01. The summed E-state index contributed by atoms with van der Waals surface area (Å²) in [6.07, 6.45) is 0. The average molecular weight is 304 g/mol. The molecule has 0 aliphatic carbocycles. The molecule has 0 aliphatic heterocycles. The van der Waals surface area contributed by atoms with E-state index in [0.29, 0.717) is 0 Å². The number of nitrogens with two attached hydrogens (primary N) is 1. The first-order valence-electron chi connectivity index (χ1n) is 6.08. The van der Waals surface area contributed by atoms with Crippen LogP contribution in [0.5, 0.6) is 11.7 Å². The van der Waals surface area contributed by atoms with Crippen LogP contribution >= 0.6 is 0 Å². The molecule has 2 rings (SSSR count). The van der Waals surface area contributed by atoms with Crippen LogP contribution in [-0.4, -0.2) is 21.9 Å². The third-order valence-electron chi connectivity index (χ3n) is 2.87. The lowest BCUT2D eigenvalue weighted by atomic mass is 10.1. The van der Waals surface area contributed by atoms with Gasteiger partial charge in [0.15, 0.2) is 17.1 Å². The normalized spacial score (nSPS) is 10.2. The number of para-hydroxylation sites is 2. The summed E-state index contributed by atoms with van der Waals surface area (Å²) in [5, 5.41) is 21.8. The number of hydrogen-bond donors (Lipinski definition) is 4. The van der Waals surface area contributed by atoms with E-state index in [1.807, 2.05) is 0 Å². The van der Waals surface area contributed by atoms with Gasteiger partial charge >= 0.3 is 11.6 Å². The third-order valence-corrected chi connectivity index (χ3v) is 2.87. The standard InChI is InChI=1S/C14H12N2O6/c1-6(17)9-11(18)10(14(21)22-13(9)20)12(19)16-8-5-3-2-4-7(8)15/h2-5,18,21H,15H2,1H3,(H,16,19). The molecule has 1 heterocycles. The Kier molecular flexibility index (Phi) is 3.85. The van der Waals surface area contributed by atoms with Crippen molar-refractivity contribution in [3.63, 3.8) is 0 Å². The lowest BCUT2D eigenvalue weighted by Crippen LogP contribution is -2.19. The Hall–Kier alpha value is -3.29. The van der Waals surface area contributed by atoms with Crippen molar-refractivity contribution in [1.82, 2.24) is 0 Å². The number of aromatic hydroxyl groups is 2. The molecule has 1 aromatic carbocycles. The van der Waals surface area contributed by atoms with Crippen molar-refractivity contribution in [3.8, 4) is 11.7 Å². The highest BCUT2D eigenvalue weighted by atomic mass is 16.5. The fourth-order valence-electron chi connectivity index (χ4n) is 1.82. The van der Waals surface area contributed by atoms with Crippen LogP contribution in [0.4, 0.5) is 11.4 Å². The molecule has 2 aromatic rings. The van der Waals surface area contributed by atoms with Crippen LogP contribution in [0.2, 0.25) is 0 Å². The zero-order valence-corrected chi connectivity index (χ0v) is 11.4. The summed E-state index contributed by atoms with van der Waals surface area (Å²) in [5.74, 6) is -3.84. The number of carbonyl (C=O) groups excluding carboxylic acids is 2. The summed E-state index contributed by atoms with van der Waals surface area (Å²) in [5.41, 5.74) is 3.45. The van der Waals surface area contributed by atoms with E-state index >= 15 is 0 Å². The smallest absolute Gasteiger partial charge is 0.353 e. The van der Waals surface area contributed by atoms with E-state index in [1.54, 1.807) is 12.1 Å². The average Bonchev–Trinajstić information content (AvgIpc) is 2.40. The summed E-state index contributed by atoms with van der Waals surface area (Å²) < 4.78 is 4.40. The van der Waals surface area contributed by atoms with Crippen molar-refractivity contribution in [3.05, 3.63) is 45.8 Å². The van der Waals surface area contributed by atoms with Crippen LogP contribution in [-0.2, 0) is 0 Å². The van der Waals surface area contributed by atoms with E-state index in [0.717, 1.165) is 6.92 Å². The van der Waals surface area contributed by atoms with Crippen molar-refractivity contribution in [2.45, 2.75) is 6.92 Å². The highest BCUT2D eigenvalue weighted by Crippen LogP contribution is 2.29. The Morgan fingerprint density at radius 2 is 1.82 bits per heavy atom. The Morgan fingerprint density at radius 3 is 2.41 bits per heavy atom. The van der Waals surface area contributed by atoms with Gasteiger partial charge in [-0.05, 0) is 19.1 Å². The van der Waals surface area contributed by atoms with E-state index < -0.39 is 40.1 Å². The van der Waals surface area contributed by atoms with E-state index in [-0.39, 0.29) is 11.4 Å². The van der Waals surface area contributed by atoms with Gasteiger partial charge in [-0.2, -0.15) is 0 Å². The molecule has 8 heteroatoms. The van der Waals surface area contributed by atoms with Crippen LogP contribution in [0.25, 0.3) is 0 Å².